The minimum absolute atomic E-state index is 0.0346. The van der Waals surface area contributed by atoms with Crippen LogP contribution in [0, 0.1) is 5.92 Å². The molecule has 8 heteroatoms. The van der Waals surface area contributed by atoms with Crippen LogP contribution in [0.2, 0.25) is 0 Å². The number of hydrogen-bond donors (Lipinski definition) is 3. The fourth-order valence-corrected chi connectivity index (χ4v) is 5.18. The van der Waals surface area contributed by atoms with E-state index in [1.165, 1.54) is 0 Å². The number of nitrogens with zero attached hydrogens (tertiary/aromatic N) is 1. The number of carbonyl (C=O) groups is 3. The summed E-state index contributed by atoms with van der Waals surface area (Å²) in [6.07, 6.45) is 1.62. The molecular formula is C21H26N4O4. The number of piperidine rings is 1. The normalized spacial score (nSPS) is 31.6. The van der Waals surface area contributed by atoms with Crippen molar-refractivity contribution in [1.29, 1.82) is 0 Å². The molecule has 3 fully saturated rings. The molecule has 1 aromatic rings. The van der Waals surface area contributed by atoms with Gasteiger partial charge in [-0.05, 0) is 30.0 Å². The highest BCUT2D eigenvalue weighted by Gasteiger charge is 2.45. The number of imide groups is 1. The second-order valence-electron chi connectivity index (χ2n) is 8.51. The van der Waals surface area contributed by atoms with Gasteiger partial charge in [0.05, 0.1) is 6.61 Å². The molecule has 5 rings (SSSR count). The van der Waals surface area contributed by atoms with Crippen molar-refractivity contribution in [2.75, 3.05) is 26.3 Å². The fraction of sp³-hybridized carbons (Fsp3) is 0.571. The van der Waals surface area contributed by atoms with Crippen molar-refractivity contribution in [3.05, 3.63) is 34.9 Å². The molecule has 3 N–H and O–H groups in total. The van der Waals surface area contributed by atoms with Gasteiger partial charge in [-0.3, -0.25) is 19.7 Å². The van der Waals surface area contributed by atoms with Crippen LogP contribution in [0.3, 0.4) is 0 Å². The molecule has 0 spiro atoms. The van der Waals surface area contributed by atoms with Gasteiger partial charge in [0.15, 0.2) is 0 Å². The van der Waals surface area contributed by atoms with E-state index in [1.54, 1.807) is 4.90 Å². The number of hydrogen-bond acceptors (Lipinski definition) is 6. The average Bonchev–Trinajstić information content (AvgIpc) is 3.29. The third-order valence-corrected chi connectivity index (χ3v) is 6.93. The smallest absolute Gasteiger partial charge is 0.255 e. The van der Waals surface area contributed by atoms with E-state index in [9.17, 15) is 14.4 Å². The van der Waals surface area contributed by atoms with Crippen molar-refractivity contribution < 1.29 is 19.1 Å². The predicted octanol–water partition coefficient (Wildman–Crippen LogP) is -0.0843. The number of amides is 3. The van der Waals surface area contributed by atoms with Crippen LogP contribution in [0.25, 0.3) is 0 Å². The van der Waals surface area contributed by atoms with Crippen LogP contribution < -0.4 is 16.0 Å². The van der Waals surface area contributed by atoms with Crippen molar-refractivity contribution in [3.8, 4) is 0 Å². The van der Waals surface area contributed by atoms with Gasteiger partial charge in [0, 0.05) is 56.2 Å². The second-order valence-corrected chi connectivity index (χ2v) is 8.51. The second kappa shape index (κ2) is 7.19. The number of ether oxygens (including phenoxy) is 1. The van der Waals surface area contributed by atoms with Crippen LogP contribution in [0.1, 0.15) is 40.7 Å². The SMILES string of the molecule is O=C1CCC(N2Cc3c(CNC45CCOCC4CNC5)cccc3C2=O)C(=O)N1. The summed E-state index contributed by atoms with van der Waals surface area (Å²) in [6, 6.07) is 5.22. The monoisotopic (exact) mass is 398 g/mol. The molecule has 3 saturated heterocycles. The van der Waals surface area contributed by atoms with E-state index in [4.69, 9.17) is 4.74 Å². The third kappa shape index (κ3) is 3.15. The van der Waals surface area contributed by atoms with Gasteiger partial charge in [0.2, 0.25) is 11.8 Å². The highest BCUT2D eigenvalue weighted by Crippen LogP contribution is 2.33. The lowest BCUT2D eigenvalue weighted by Gasteiger charge is -2.39. The summed E-state index contributed by atoms with van der Waals surface area (Å²) in [5.41, 5.74) is 2.78. The first-order chi connectivity index (χ1) is 14.1. The molecule has 0 radical (unpaired) electrons. The number of fused-ring (bicyclic) bond motifs is 2. The minimum atomic E-state index is -0.578. The van der Waals surface area contributed by atoms with Gasteiger partial charge in [-0.15, -0.1) is 0 Å². The van der Waals surface area contributed by atoms with Gasteiger partial charge in [-0.25, -0.2) is 0 Å². The third-order valence-electron chi connectivity index (χ3n) is 6.93. The van der Waals surface area contributed by atoms with Gasteiger partial charge < -0.3 is 20.3 Å². The maximum atomic E-state index is 13.0. The maximum Gasteiger partial charge on any atom is 0.255 e. The van der Waals surface area contributed by atoms with Crippen LogP contribution in [0.15, 0.2) is 18.2 Å². The fourth-order valence-electron chi connectivity index (χ4n) is 5.18. The molecule has 0 aromatic heterocycles. The Morgan fingerprint density at radius 2 is 2.17 bits per heavy atom. The Morgan fingerprint density at radius 3 is 3.03 bits per heavy atom. The van der Waals surface area contributed by atoms with Crippen molar-refractivity contribution in [3.63, 3.8) is 0 Å². The largest absolute Gasteiger partial charge is 0.381 e. The van der Waals surface area contributed by atoms with Crippen LogP contribution in [-0.4, -0.2) is 60.5 Å². The van der Waals surface area contributed by atoms with E-state index in [0.29, 0.717) is 31.0 Å². The summed E-state index contributed by atoms with van der Waals surface area (Å²) < 4.78 is 5.65. The van der Waals surface area contributed by atoms with E-state index in [1.807, 2.05) is 12.1 Å². The molecule has 29 heavy (non-hydrogen) atoms. The molecule has 8 nitrogen and oxygen atoms in total. The Hall–Kier alpha value is -2.29. The van der Waals surface area contributed by atoms with Crippen LogP contribution in [0.4, 0.5) is 0 Å². The summed E-state index contributed by atoms with van der Waals surface area (Å²) in [5.74, 6) is -0.311. The summed E-state index contributed by atoms with van der Waals surface area (Å²) in [6.45, 7) is 4.52. The Kier molecular flexibility index (Phi) is 4.64. The Morgan fingerprint density at radius 1 is 1.28 bits per heavy atom. The molecule has 0 saturated carbocycles. The number of nitrogens with one attached hydrogen (secondary N) is 3. The molecule has 1 aromatic carbocycles. The van der Waals surface area contributed by atoms with E-state index in [2.05, 4.69) is 22.0 Å². The topological polar surface area (TPSA) is 99.8 Å². The first-order valence-corrected chi connectivity index (χ1v) is 10.4. The van der Waals surface area contributed by atoms with E-state index >= 15 is 0 Å². The quantitative estimate of drug-likeness (QED) is 0.614. The molecule has 0 aliphatic carbocycles. The van der Waals surface area contributed by atoms with Crippen LogP contribution in [0.5, 0.6) is 0 Å². The van der Waals surface area contributed by atoms with Crippen molar-refractivity contribution in [2.24, 2.45) is 5.92 Å². The van der Waals surface area contributed by atoms with Crippen molar-refractivity contribution >= 4 is 17.7 Å². The lowest BCUT2D eigenvalue weighted by atomic mass is 9.82. The van der Waals surface area contributed by atoms with E-state index in [-0.39, 0.29) is 29.7 Å². The molecule has 0 bridgehead atoms. The van der Waals surface area contributed by atoms with Crippen molar-refractivity contribution in [1.82, 2.24) is 20.9 Å². The van der Waals surface area contributed by atoms with Gasteiger partial charge in [0.25, 0.3) is 5.91 Å². The average molecular weight is 398 g/mol. The standard InChI is InChI=1S/C21H26N4O4/c26-18-5-4-17(19(27)24-18)25-10-16-13(2-1-3-15(16)20(25)28)8-23-21-6-7-29-11-14(21)9-22-12-21/h1-3,14,17,22-23H,4-12H2,(H,24,26,27). The van der Waals surface area contributed by atoms with Crippen LogP contribution in [-0.2, 0) is 27.4 Å². The molecule has 3 unspecified atom stereocenters. The van der Waals surface area contributed by atoms with Gasteiger partial charge in [0.1, 0.15) is 6.04 Å². The Balaban J connectivity index is 1.34. The summed E-state index contributed by atoms with van der Waals surface area (Å²) >= 11 is 0. The molecule has 3 amide bonds. The lowest BCUT2D eigenvalue weighted by molar-refractivity contribution is -0.136. The molecular weight excluding hydrogens is 372 g/mol. The lowest BCUT2D eigenvalue weighted by Crippen LogP contribution is -2.55. The summed E-state index contributed by atoms with van der Waals surface area (Å²) in [7, 11) is 0. The van der Waals surface area contributed by atoms with Gasteiger partial charge in [-0.1, -0.05) is 12.1 Å². The zero-order chi connectivity index (χ0) is 20.0. The highest BCUT2D eigenvalue weighted by atomic mass is 16.5. The number of benzene rings is 1. The van der Waals surface area contributed by atoms with Crippen molar-refractivity contribution in [2.45, 2.75) is 43.9 Å². The van der Waals surface area contributed by atoms with Gasteiger partial charge in [-0.2, -0.15) is 0 Å². The highest BCUT2D eigenvalue weighted by molar-refractivity contribution is 6.05. The number of carbonyl (C=O) groups excluding carboxylic acids is 3. The zero-order valence-corrected chi connectivity index (χ0v) is 16.3. The predicted molar refractivity (Wildman–Crippen MR) is 104 cm³/mol. The molecule has 4 aliphatic rings. The molecule has 3 atom stereocenters. The Bertz CT molecular complexity index is 872. The number of rotatable bonds is 4. The van der Waals surface area contributed by atoms with E-state index in [0.717, 1.165) is 43.9 Å². The molecule has 154 valence electrons. The first kappa shape index (κ1) is 18.7. The molecule has 4 heterocycles. The van der Waals surface area contributed by atoms with Gasteiger partial charge >= 0.3 is 0 Å². The minimum Gasteiger partial charge on any atom is -0.381 e. The summed E-state index contributed by atoms with van der Waals surface area (Å²) in [5, 5.41) is 9.61. The zero-order valence-electron chi connectivity index (χ0n) is 16.3. The molecule has 4 aliphatic heterocycles. The maximum absolute atomic E-state index is 13.0. The Labute approximate surface area is 169 Å². The van der Waals surface area contributed by atoms with Crippen LogP contribution >= 0.6 is 0 Å². The van der Waals surface area contributed by atoms with E-state index < -0.39 is 6.04 Å². The summed E-state index contributed by atoms with van der Waals surface area (Å²) in [4.78, 5) is 38.3. The first-order valence-electron chi connectivity index (χ1n) is 10.4.